The van der Waals surface area contributed by atoms with Crippen molar-refractivity contribution in [2.24, 2.45) is 16.7 Å². The van der Waals surface area contributed by atoms with Crippen molar-refractivity contribution in [3.8, 4) is 5.75 Å². The average Bonchev–Trinajstić information content (AvgIpc) is 2.66. The van der Waals surface area contributed by atoms with Crippen molar-refractivity contribution in [2.75, 3.05) is 6.54 Å². The average molecular weight is 265 g/mol. The molecule has 1 fully saturated rings. The first-order valence-electron chi connectivity index (χ1n) is 6.89. The van der Waals surface area contributed by atoms with Crippen LogP contribution in [0, 0.1) is 22.6 Å². The van der Waals surface area contributed by atoms with E-state index in [1.807, 2.05) is 6.92 Å². The van der Waals surface area contributed by atoms with Crippen molar-refractivity contribution in [3.63, 3.8) is 0 Å². The van der Waals surface area contributed by atoms with Crippen LogP contribution in [0.2, 0.25) is 0 Å². The van der Waals surface area contributed by atoms with Gasteiger partial charge in [-0.1, -0.05) is 33.8 Å². The van der Waals surface area contributed by atoms with Crippen LogP contribution in [0.15, 0.2) is 18.2 Å². The van der Waals surface area contributed by atoms with Crippen molar-refractivity contribution in [3.05, 3.63) is 29.6 Å². The molecule has 0 radical (unpaired) electrons. The lowest BCUT2D eigenvalue weighted by molar-refractivity contribution is 0.437. The summed E-state index contributed by atoms with van der Waals surface area (Å²) in [6.45, 7) is 12.1. The van der Waals surface area contributed by atoms with E-state index in [0.717, 1.165) is 12.1 Å². The molecule has 1 aliphatic rings. The van der Waals surface area contributed by atoms with E-state index in [4.69, 9.17) is 0 Å². The van der Waals surface area contributed by atoms with Gasteiger partial charge in [0.2, 0.25) is 0 Å². The van der Waals surface area contributed by atoms with Crippen LogP contribution in [0.4, 0.5) is 4.39 Å². The summed E-state index contributed by atoms with van der Waals surface area (Å²) in [7, 11) is 0. The first-order chi connectivity index (χ1) is 8.68. The van der Waals surface area contributed by atoms with Gasteiger partial charge in [-0.2, -0.15) is 0 Å². The third-order valence-corrected chi connectivity index (χ3v) is 5.41. The van der Waals surface area contributed by atoms with Crippen molar-refractivity contribution < 1.29 is 9.50 Å². The summed E-state index contributed by atoms with van der Waals surface area (Å²) in [5, 5.41) is 13.2. The summed E-state index contributed by atoms with van der Waals surface area (Å²) < 4.78 is 13.0. The Bertz CT molecular complexity index is 468. The van der Waals surface area contributed by atoms with E-state index >= 15 is 0 Å². The van der Waals surface area contributed by atoms with Crippen molar-refractivity contribution in [2.45, 2.75) is 40.7 Å². The van der Waals surface area contributed by atoms with Gasteiger partial charge < -0.3 is 10.4 Å². The van der Waals surface area contributed by atoms with Gasteiger partial charge >= 0.3 is 0 Å². The topological polar surface area (TPSA) is 32.3 Å². The molecule has 1 aliphatic carbocycles. The minimum Gasteiger partial charge on any atom is -0.508 e. The van der Waals surface area contributed by atoms with Gasteiger partial charge in [-0.05, 0) is 36.3 Å². The first kappa shape index (κ1) is 14.3. The van der Waals surface area contributed by atoms with Crippen LogP contribution >= 0.6 is 0 Å². The Balaban J connectivity index is 1.98. The van der Waals surface area contributed by atoms with E-state index in [-0.39, 0.29) is 11.8 Å². The fraction of sp³-hybridized carbons (Fsp3) is 0.625. The third kappa shape index (κ3) is 2.36. The molecule has 1 unspecified atom stereocenters. The highest BCUT2D eigenvalue weighted by molar-refractivity contribution is 5.35. The second-order valence-electron chi connectivity index (χ2n) is 6.83. The molecule has 1 aromatic carbocycles. The molecule has 1 saturated carbocycles. The number of phenolic OH excluding ortho intramolecular Hbond substituents is 1. The number of rotatable bonds is 4. The van der Waals surface area contributed by atoms with Crippen LogP contribution in [0.1, 0.15) is 46.2 Å². The molecule has 0 aliphatic heterocycles. The summed E-state index contributed by atoms with van der Waals surface area (Å²) in [5.41, 5.74) is 1.45. The van der Waals surface area contributed by atoms with Gasteiger partial charge in [0.1, 0.15) is 11.6 Å². The Morgan fingerprint density at radius 3 is 2.32 bits per heavy atom. The summed E-state index contributed by atoms with van der Waals surface area (Å²) in [6, 6.07) is 4.22. The van der Waals surface area contributed by atoms with Crippen molar-refractivity contribution in [1.82, 2.24) is 5.32 Å². The van der Waals surface area contributed by atoms with Crippen LogP contribution in [-0.4, -0.2) is 11.7 Å². The lowest BCUT2D eigenvalue weighted by Crippen LogP contribution is -2.23. The fourth-order valence-corrected chi connectivity index (χ4v) is 3.13. The largest absolute Gasteiger partial charge is 0.508 e. The predicted molar refractivity (Wildman–Crippen MR) is 75.5 cm³/mol. The molecule has 19 heavy (non-hydrogen) atoms. The summed E-state index contributed by atoms with van der Waals surface area (Å²) in [4.78, 5) is 0. The fourth-order valence-electron chi connectivity index (χ4n) is 3.13. The number of nitrogens with one attached hydrogen (secondary N) is 1. The minimum absolute atomic E-state index is 0.0211. The van der Waals surface area contributed by atoms with Gasteiger partial charge in [0.05, 0.1) is 0 Å². The predicted octanol–water partition coefficient (Wildman–Crippen LogP) is 3.86. The molecule has 0 aromatic heterocycles. The molecule has 1 atom stereocenters. The Kier molecular flexibility index (Phi) is 3.38. The van der Waals surface area contributed by atoms with E-state index in [0.29, 0.717) is 16.7 Å². The third-order valence-electron chi connectivity index (χ3n) is 5.41. The molecule has 0 bridgehead atoms. The maximum atomic E-state index is 13.0. The molecular formula is C16H24FNO. The van der Waals surface area contributed by atoms with Crippen LogP contribution in [0.5, 0.6) is 5.75 Å². The Hall–Kier alpha value is -1.09. The van der Waals surface area contributed by atoms with Crippen LogP contribution < -0.4 is 5.32 Å². The Morgan fingerprint density at radius 2 is 1.84 bits per heavy atom. The van der Waals surface area contributed by atoms with E-state index in [1.54, 1.807) is 6.07 Å². The molecule has 0 amide bonds. The van der Waals surface area contributed by atoms with Gasteiger partial charge in [0.15, 0.2) is 0 Å². The monoisotopic (exact) mass is 265 g/mol. The highest BCUT2D eigenvalue weighted by atomic mass is 19.1. The van der Waals surface area contributed by atoms with Crippen LogP contribution in [0.3, 0.4) is 0 Å². The minimum atomic E-state index is -0.405. The molecule has 0 saturated heterocycles. The van der Waals surface area contributed by atoms with Crippen molar-refractivity contribution >= 4 is 0 Å². The number of phenols is 1. The molecule has 0 heterocycles. The maximum Gasteiger partial charge on any atom is 0.126 e. The van der Waals surface area contributed by atoms with Crippen LogP contribution in [-0.2, 0) is 0 Å². The van der Waals surface area contributed by atoms with Crippen LogP contribution in [0.25, 0.3) is 0 Å². The molecule has 106 valence electrons. The lowest BCUT2D eigenvalue weighted by atomic mass is 10.0. The number of hydrogen-bond acceptors (Lipinski definition) is 2. The molecule has 0 spiro atoms. The van der Waals surface area contributed by atoms with Gasteiger partial charge in [-0.15, -0.1) is 0 Å². The number of benzene rings is 1. The quantitative estimate of drug-likeness (QED) is 0.866. The highest BCUT2D eigenvalue weighted by Gasteiger charge is 2.63. The van der Waals surface area contributed by atoms with E-state index in [1.165, 1.54) is 12.1 Å². The summed E-state index contributed by atoms with van der Waals surface area (Å²) in [6.07, 6.45) is 0. The van der Waals surface area contributed by atoms with E-state index in [9.17, 15) is 9.50 Å². The normalized spacial score (nSPS) is 22.2. The van der Waals surface area contributed by atoms with Gasteiger partial charge in [0, 0.05) is 17.7 Å². The van der Waals surface area contributed by atoms with Crippen molar-refractivity contribution in [1.29, 1.82) is 0 Å². The molecule has 2 nitrogen and oxygen atoms in total. The number of halogens is 1. The SMILES string of the molecule is CC(NCC1C(C)(C)C1(C)C)c1ccc(F)cc1O. The Labute approximate surface area is 115 Å². The second-order valence-corrected chi connectivity index (χ2v) is 6.83. The Morgan fingerprint density at radius 1 is 1.26 bits per heavy atom. The number of hydrogen-bond donors (Lipinski definition) is 2. The van der Waals surface area contributed by atoms with Gasteiger partial charge in [-0.25, -0.2) is 4.39 Å². The second kappa shape index (κ2) is 4.48. The lowest BCUT2D eigenvalue weighted by Gasteiger charge is -2.16. The molecule has 2 N–H and O–H groups in total. The first-order valence-corrected chi connectivity index (χ1v) is 6.89. The molecular weight excluding hydrogens is 241 g/mol. The molecule has 2 rings (SSSR count). The smallest absolute Gasteiger partial charge is 0.126 e. The molecule has 1 aromatic rings. The standard InChI is InChI=1S/C16H24FNO/c1-10(12-7-6-11(17)8-13(12)19)18-9-14-15(2,3)16(14,4)5/h6-8,10,14,18-19H,9H2,1-5H3. The summed E-state index contributed by atoms with van der Waals surface area (Å²) >= 11 is 0. The highest BCUT2D eigenvalue weighted by Crippen LogP contribution is 2.68. The summed E-state index contributed by atoms with van der Waals surface area (Å²) in [5.74, 6) is 0.247. The zero-order valence-corrected chi connectivity index (χ0v) is 12.4. The zero-order valence-electron chi connectivity index (χ0n) is 12.4. The van der Waals surface area contributed by atoms with E-state index in [2.05, 4.69) is 33.0 Å². The zero-order chi connectivity index (χ0) is 14.4. The van der Waals surface area contributed by atoms with E-state index < -0.39 is 5.82 Å². The van der Waals surface area contributed by atoms with Gasteiger partial charge in [0.25, 0.3) is 0 Å². The number of aromatic hydroxyl groups is 1. The maximum absolute atomic E-state index is 13.0. The molecule has 3 heteroatoms. The van der Waals surface area contributed by atoms with Gasteiger partial charge in [-0.3, -0.25) is 0 Å².